The van der Waals surface area contributed by atoms with Gasteiger partial charge in [0.2, 0.25) is 5.95 Å². The molecule has 0 saturated heterocycles. The van der Waals surface area contributed by atoms with E-state index < -0.39 is 0 Å². The fraction of sp³-hybridized carbons (Fsp3) is 0.0556. The molecule has 0 aliphatic heterocycles. The number of aryl methyl sites for hydroxylation is 1. The number of hydrogen-bond donors (Lipinski definition) is 1. The van der Waals surface area contributed by atoms with Crippen LogP contribution in [0.2, 0.25) is 0 Å². The smallest absolute Gasteiger partial charge is 0.229 e. The highest BCUT2D eigenvalue weighted by atomic mass is 15.2. The molecule has 1 N–H and O–H groups in total. The summed E-state index contributed by atoms with van der Waals surface area (Å²) in [7, 11) is 0. The summed E-state index contributed by atoms with van der Waals surface area (Å²) in [4.78, 5) is 13.6. The van der Waals surface area contributed by atoms with Gasteiger partial charge in [-0.2, -0.15) is 4.98 Å². The molecule has 2 aromatic carbocycles. The van der Waals surface area contributed by atoms with Crippen molar-refractivity contribution in [2.24, 2.45) is 0 Å². The standard InChI is InChI=1S/C18H15N5/c1-13-16-17(23(12-19-16)15-10-6-3-7-11-15)22-18(20-13)21-14-8-4-2-5-9-14/h2-12H,1H3,(H,20,21,22). The fourth-order valence-corrected chi connectivity index (χ4v) is 2.53. The molecule has 112 valence electrons. The first kappa shape index (κ1) is 13.5. The highest BCUT2D eigenvalue weighted by Gasteiger charge is 2.11. The number of fused-ring (bicyclic) bond motifs is 1. The van der Waals surface area contributed by atoms with Crippen LogP contribution in [-0.2, 0) is 0 Å². The molecule has 4 aromatic rings. The monoisotopic (exact) mass is 301 g/mol. The van der Waals surface area contributed by atoms with E-state index in [2.05, 4.69) is 20.3 Å². The molecule has 0 unspecified atom stereocenters. The van der Waals surface area contributed by atoms with Gasteiger partial charge in [-0.05, 0) is 31.2 Å². The maximum Gasteiger partial charge on any atom is 0.229 e. The molecule has 5 heteroatoms. The van der Waals surface area contributed by atoms with E-state index in [1.165, 1.54) is 0 Å². The molecule has 0 aliphatic rings. The lowest BCUT2D eigenvalue weighted by Gasteiger charge is -2.07. The molecule has 0 bridgehead atoms. The van der Waals surface area contributed by atoms with Gasteiger partial charge in [-0.3, -0.25) is 4.57 Å². The molecular formula is C18H15N5. The maximum atomic E-state index is 4.65. The Bertz CT molecular complexity index is 945. The van der Waals surface area contributed by atoms with E-state index in [-0.39, 0.29) is 0 Å². The summed E-state index contributed by atoms with van der Waals surface area (Å²) in [5, 5.41) is 3.24. The van der Waals surface area contributed by atoms with Gasteiger partial charge < -0.3 is 5.32 Å². The summed E-state index contributed by atoms with van der Waals surface area (Å²) in [6, 6.07) is 19.9. The van der Waals surface area contributed by atoms with Gasteiger partial charge in [-0.25, -0.2) is 9.97 Å². The van der Waals surface area contributed by atoms with E-state index in [0.29, 0.717) is 5.95 Å². The molecule has 0 aliphatic carbocycles. The first-order valence-electron chi connectivity index (χ1n) is 7.40. The van der Waals surface area contributed by atoms with Gasteiger partial charge >= 0.3 is 0 Å². The zero-order valence-corrected chi connectivity index (χ0v) is 12.6. The van der Waals surface area contributed by atoms with Crippen molar-refractivity contribution in [3.63, 3.8) is 0 Å². The Morgan fingerprint density at radius 1 is 0.870 bits per heavy atom. The minimum Gasteiger partial charge on any atom is -0.324 e. The number of para-hydroxylation sites is 2. The summed E-state index contributed by atoms with van der Waals surface area (Å²) < 4.78 is 1.97. The number of aromatic nitrogens is 4. The van der Waals surface area contributed by atoms with Crippen molar-refractivity contribution in [2.75, 3.05) is 5.32 Å². The fourth-order valence-electron chi connectivity index (χ4n) is 2.53. The van der Waals surface area contributed by atoms with Crippen molar-refractivity contribution in [1.29, 1.82) is 0 Å². The van der Waals surface area contributed by atoms with Crippen molar-refractivity contribution in [3.05, 3.63) is 72.7 Å². The first-order valence-corrected chi connectivity index (χ1v) is 7.40. The van der Waals surface area contributed by atoms with E-state index in [9.17, 15) is 0 Å². The molecular weight excluding hydrogens is 286 g/mol. The Morgan fingerprint density at radius 3 is 2.30 bits per heavy atom. The van der Waals surface area contributed by atoms with Crippen LogP contribution in [0.5, 0.6) is 0 Å². The lowest BCUT2D eigenvalue weighted by Crippen LogP contribution is -2.01. The molecule has 5 nitrogen and oxygen atoms in total. The summed E-state index contributed by atoms with van der Waals surface area (Å²) in [6.45, 7) is 1.95. The van der Waals surface area contributed by atoms with Crippen LogP contribution in [0.3, 0.4) is 0 Å². The van der Waals surface area contributed by atoms with Crippen LogP contribution >= 0.6 is 0 Å². The molecule has 0 amide bonds. The number of nitrogens with zero attached hydrogens (tertiary/aromatic N) is 4. The van der Waals surface area contributed by atoms with Crippen molar-refractivity contribution < 1.29 is 0 Å². The normalized spacial score (nSPS) is 10.8. The lowest BCUT2D eigenvalue weighted by molar-refractivity contribution is 1.06. The Hall–Kier alpha value is -3.21. The maximum absolute atomic E-state index is 4.65. The van der Waals surface area contributed by atoms with Gasteiger partial charge in [0, 0.05) is 11.4 Å². The SMILES string of the molecule is Cc1nc(Nc2ccccc2)nc2c1ncn2-c1ccccc1. The van der Waals surface area contributed by atoms with Crippen LogP contribution in [0.1, 0.15) is 5.69 Å². The lowest BCUT2D eigenvalue weighted by atomic mass is 10.3. The molecule has 0 fully saturated rings. The van der Waals surface area contributed by atoms with Gasteiger partial charge in [0.25, 0.3) is 0 Å². The van der Waals surface area contributed by atoms with Gasteiger partial charge in [0.05, 0.1) is 5.69 Å². The third-order valence-corrected chi connectivity index (χ3v) is 3.63. The Balaban J connectivity index is 1.82. The molecule has 0 atom stereocenters. The van der Waals surface area contributed by atoms with Gasteiger partial charge in [-0.15, -0.1) is 0 Å². The second-order valence-electron chi connectivity index (χ2n) is 5.25. The number of benzene rings is 2. The van der Waals surface area contributed by atoms with E-state index in [1.807, 2.05) is 72.2 Å². The third kappa shape index (κ3) is 2.53. The largest absolute Gasteiger partial charge is 0.324 e. The van der Waals surface area contributed by atoms with Gasteiger partial charge in [-0.1, -0.05) is 36.4 Å². The minimum atomic E-state index is 0.568. The zero-order valence-electron chi connectivity index (χ0n) is 12.6. The van der Waals surface area contributed by atoms with Crippen molar-refractivity contribution in [1.82, 2.24) is 19.5 Å². The average Bonchev–Trinajstić information content (AvgIpc) is 3.01. The van der Waals surface area contributed by atoms with Crippen LogP contribution < -0.4 is 5.32 Å². The molecule has 0 radical (unpaired) electrons. The number of hydrogen-bond acceptors (Lipinski definition) is 4. The highest BCUT2D eigenvalue weighted by Crippen LogP contribution is 2.21. The van der Waals surface area contributed by atoms with Crippen molar-refractivity contribution >= 4 is 22.8 Å². The molecule has 0 spiro atoms. The molecule has 4 rings (SSSR count). The summed E-state index contributed by atoms with van der Waals surface area (Å²) in [5.41, 5.74) is 4.44. The predicted molar refractivity (Wildman–Crippen MR) is 91.1 cm³/mol. The summed E-state index contributed by atoms with van der Waals surface area (Å²) in [5.74, 6) is 0.568. The van der Waals surface area contributed by atoms with Gasteiger partial charge in [0.15, 0.2) is 5.65 Å². The number of rotatable bonds is 3. The third-order valence-electron chi connectivity index (χ3n) is 3.63. The van der Waals surface area contributed by atoms with Crippen LogP contribution in [0.25, 0.3) is 16.9 Å². The van der Waals surface area contributed by atoms with Crippen LogP contribution in [0.4, 0.5) is 11.6 Å². The zero-order chi connectivity index (χ0) is 15.6. The first-order chi connectivity index (χ1) is 11.3. The summed E-state index contributed by atoms with van der Waals surface area (Å²) >= 11 is 0. The van der Waals surface area contributed by atoms with Crippen LogP contribution in [0.15, 0.2) is 67.0 Å². The predicted octanol–water partition coefficient (Wildman–Crippen LogP) is 3.87. The van der Waals surface area contributed by atoms with E-state index in [4.69, 9.17) is 0 Å². The second-order valence-corrected chi connectivity index (χ2v) is 5.25. The quantitative estimate of drug-likeness (QED) is 0.624. The van der Waals surface area contributed by atoms with Crippen LogP contribution in [-0.4, -0.2) is 19.5 Å². The van der Waals surface area contributed by atoms with Crippen LogP contribution in [0, 0.1) is 6.92 Å². The topological polar surface area (TPSA) is 55.6 Å². The average molecular weight is 301 g/mol. The van der Waals surface area contributed by atoms with E-state index in [1.54, 1.807) is 6.33 Å². The van der Waals surface area contributed by atoms with Crippen molar-refractivity contribution in [2.45, 2.75) is 6.92 Å². The van der Waals surface area contributed by atoms with Gasteiger partial charge in [0.1, 0.15) is 11.8 Å². The van der Waals surface area contributed by atoms with E-state index in [0.717, 1.165) is 28.2 Å². The molecule has 0 saturated carbocycles. The van der Waals surface area contributed by atoms with E-state index >= 15 is 0 Å². The van der Waals surface area contributed by atoms with Crippen molar-refractivity contribution in [3.8, 4) is 5.69 Å². The molecule has 2 heterocycles. The Kier molecular flexibility index (Phi) is 3.24. The summed E-state index contributed by atoms with van der Waals surface area (Å²) in [6.07, 6.45) is 1.79. The highest BCUT2D eigenvalue weighted by molar-refractivity contribution is 5.77. The molecule has 23 heavy (non-hydrogen) atoms. The number of anilines is 2. The molecule has 2 aromatic heterocycles. The Labute approximate surface area is 133 Å². The minimum absolute atomic E-state index is 0.568. The Morgan fingerprint density at radius 2 is 1.57 bits per heavy atom. The number of imidazole rings is 1. The second kappa shape index (κ2) is 5.53. The number of nitrogens with one attached hydrogen (secondary N) is 1.